The van der Waals surface area contributed by atoms with E-state index in [2.05, 4.69) is 82.4 Å². The smallest absolute Gasteiger partial charge is 0.0736 e. The molecule has 0 amide bonds. The lowest BCUT2D eigenvalue weighted by atomic mass is 9.86. The van der Waals surface area contributed by atoms with Gasteiger partial charge in [-0.15, -0.1) is 0 Å². The fourth-order valence-corrected chi connectivity index (χ4v) is 3.73. The molecule has 134 valence electrons. The summed E-state index contributed by atoms with van der Waals surface area (Å²) in [5, 5.41) is 16.2. The van der Waals surface area contributed by atoms with Crippen LogP contribution in [0.15, 0.2) is 64.9 Å². The zero-order valence-corrected chi connectivity index (χ0v) is 15.2. The minimum Gasteiger partial charge on any atom is -0.374 e. The molecule has 1 aromatic carbocycles. The predicted molar refractivity (Wildman–Crippen MR) is 108 cm³/mol. The molecule has 3 atom stereocenters. The van der Waals surface area contributed by atoms with Gasteiger partial charge in [0.1, 0.15) is 0 Å². The van der Waals surface area contributed by atoms with Crippen molar-refractivity contribution in [2.24, 2.45) is 11.0 Å². The highest BCUT2D eigenvalue weighted by Gasteiger charge is 2.26. The molecular weight excluding hydrogens is 322 g/mol. The third-order valence-electron chi connectivity index (χ3n) is 5.13. The topological polar surface area (TPSA) is 65.1 Å². The summed E-state index contributed by atoms with van der Waals surface area (Å²) in [5.74, 6) is 0.329. The molecule has 2 aromatic rings. The van der Waals surface area contributed by atoms with Crippen molar-refractivity contribution in [3.8, 4) is 0 Å². The van der Waals surface area contributed by atoms with Crippen LogP contribution in [0.1, 0.15) is 26.7 Å². The molecule has 0 spiro atoms. The average molecular weight is 347 g/mol. The summed E-state index contributed by atoms with van der Waals surface area (Å²) in [4.78, 5) is 0. The summed E-state index contributed by atoms with van der Waals surface area (Å²) in [6, 6.07) is 6.80. The van der Waals surface area contributed by atoms with Crippen molar-refractivity contribution in [3.63, 3.8) is 0 Å². The van der Waals surface area contributed by atoms with Crippen LogP contribution in [0.2, 0.25) is 0 Å². The fraction of sp³-hybridized carbons (Fsp3) is 0.333. The van der Waals surface area contributed by atoms with Crippen LogP contribution in [-0.4, -0.2) is 28.5 Å². The maximum absolute atomic E-state index is 4.22. The van der Waals surface area contributed by atoms with Gasteiger partial charge >= 0.3 is 0 Å². The molecule has 5 nitrogen and oxygen atoms in total. The zero-order chi connectivity index (χ0) is 17.9. The molecular formula is C21H25N5. The zero-order valence-electron chi connectivity index (χ0n) is 15.2. The first-order valence-electron chi connectivity index (χ1n) is 9.32. The van der Waals surface area contributed by atoms with Gasteiger partial charge in [0.15, 0.2) is 0 Å². The van der Waals surface area contributed by atoms with Crippen LogP contribution in [0.3, 0.4) is 0 Å². The lowest BCUT2D eigenvalue weighted by molar-refractivity contribution is 0.615. The van der Waals surface area contributed by atoms with Crippen LogP contribution in [-0.2, 0) is 0 Å². The fourth-order valence-electron chi connectivity index (χ4n) is 3.73. The quantitative estimate of drug-likeness (QED) is 0.688. The number of rotatable bonds is 6. The molecule has 4 rings (SSSR count). The van der Waals surface area contributed by atoms with Gasteiger partial charge in [0.25, 0.3) is 0 Å². The second-order valence-electron chi connectivity index (χ2n) is 6.90. The van der Waals surface area contributed by atoms with Crippen LogP contribution in [0.5, 0.6) is 0 Å². The minimum absolute atomic E-state index is 0.163. The number of hydrazone groups is 1. The number of nitrogens with zero attached hydrogens (tertiary/aromatic N) is 2. The maximum Gasteiger partial charge on any atom is 0.0736 e. The molecule has 26 heavy (non-hydrogen) atoms. The van der Waals surface area contributed by atoms with Gasteiger partial charge in [-0.2, -0.15) is 10.2 Å². The van der Waals surface area contributed by atoms with Crippen LogP contribution in [0.25, 0.3) is 10.9 Å². The van der Waals surface area contributed by atoms with Gasteiger partial charge in [0, 0.05) is 23.2 Å². The first kappa shape index (κ1) is 16.6. The number of aromatic amines is 1. The Morgan fingerprint density at radius 1 is 1.38 bits per heavy atom. The van der Waals surface area contributed by atoms with Crippen LogP contribution >= 0.6 is 0 Å². The first-order chi connectivity index (χ1) is 12.8. The van der Waals surface area contributed by atoms with Crippen LogP contribution in [0, 0.1) is 5.92 Å². The van der Waals surface area contributed by atoms with E-state index in [1.165, 1.54) is 11.1 Å². The molecule has 3 N–H and O–H groups in total. The Hall–Kier alpha value is -2.82. The Morgan fingerprint density at radius 2 is 2.31 bits per heavy atom. The van der Waals surface area contributed by atoms with E-state index in [0.29, 0.717) is 12.0 Å². The second-order valence-corrected chi connectivity index (χ2v) is 6.90. The molecule has 1 aliphatic heterocycles. The summed E-state index contributed by atoms with van der Waals surface area (Å²) < 4.78 is 0. The number of benzene rings is 1. The molecule has 2 heterocycles. The first-order valence-corrected chi connectivity index (χ1v) is 9.32. The highest BCUT2D eigenvalue weighted by molar-refractivity contribution is 5.82. The molecule has 0 bridgehead atoms. The molecule has 5 heteroatoms. The van der Waals surface area contributed by atoms with Gasteiger partial charge in [-0.05, 0) is 42.7 Å². The van der Waals surface area contributed by atoms with Crippen molar-refractivity contribution >= 4 is 22.8 Å². The van der Waals surface area contributed by atoms with Gasteiger partial charge in [0.05, 0.1) is 23.8 Å². The number of hydrogen-bond donors (Lipinski definition) is 3. The van der Waals surface area contributed by atoms with E-state index in [1.807, 2.05) is 12.4 Å². The van der Waals surface area contributed by atoms with E-state index < -0.39 is 0 Å². The van der Waals surface area contributed by atoms with E-state index in [9.17, 15) is 0 Å². The Bertz CT molecular complexity index is 902. The van der Waals surface area contributed by atoms with Crippen molar-refractivity contribution < 1.29 is 0 Å². The Morgan fingerprint density at radius 3 is 3.15 bits per heavy atom. The molecule has 1 aromatic heterocycles. The lowest BCUT2D eigenvalue weighted by Gasteiger charge is -2.28. The Labute approximate surface area is 154 Å². The van der Waals surface area contributed by atoms with Crippen molar-refractivity contribution in [3.05, 3.63) is 59.8 Å². The van der Waals surface area contributed by atoms with E-state index in [0.717, 1.165) is 29.4 Å². The summed E-state index contributed by atoms with van der Waals surface area (Å²) in [6.07, 6.45) is 15.1. The monoisotopic (exact) mass is 347 g/mol. The molecule has 1 aliphatic carbocycles. The minimum atomic E-state index is 0.163. The molecule has 3 unspecified atom stereocenters. The van der Waals surface area contributed by atoms with E-state index in [4.69, 9.17) is 0 Å². The van der Waals surface area contributed by atoms with E-state index in [-0.39, 0.29) is 6.04 Å². The van der Waals surface area contributed by atoms with E-state index >= 15 is 0 Å². The van der Waals surface area contributed by atoms with Crippen molar-refractivity contribution in [2.75, 3.05) is 5.32 Å². The Kier molecular flexibility index (Phi) is 4.61. The highest BCUT2D eigenvalue weighted by Crippen LogP contribution is 2.29. The number of H-pyrrole nitrogens is 1. The van der Waals surface area contributed by atoms with Gasteiger partial charge in [0.2, 0.25) is 0 Å². The largest absolute Gasteiger partial charge is 0.374 e. The molecule has 2 aliphatic rings. The SMILES string of the molecule is C/C=C(\CCC)C(Nc1ccc2[nH]ncc2c1)C1=CC2C=NNC2C=C1. The number of hydrogen-bond acceptors (Lipinski definition) is 4. The molecule has 0 saturated carbocycles. The third-order valence-corrected chi connectivity index (χ3v) is 5.13. The number of anilines is 1. The van der Waals surface area contributed by atoms with Gasteiger partial charge < -0.3 is 10.7 Å². The second kappa shape index (κ2) is 7.20. The van der Waals surface area contributed by atoms with Crippen molar-refractivity contribution in [1.29, 1.82) is 0 Å². The van der Waals surface area contributed by atoms with Crippen LogP contribution in [0.4, 0.5) is 5.69 Å². The maximum atomic E-state index is 4.22. The number of allylic oxidation sites excluding steroid dienone is 1. The predicted octanol–water partition coefficient (Wildman–Crippen LogP) is 4.16. The molecule has 0 saturated heterocycles. The average Bonchev–Trinajstić information content (AvgIpc) is 3.32. The molecule has 0 radical (unpaired) electrons. The number of fused-ring (bicyclic) bond motifs is 2. The normalized spacial score (nSPS) is 22.8. The van der Waals surface area contributed by atoms with E-state index in [1.54, 1.807) is 0 Å². The number of nitrogens with one attached hydrogen (secondary N) is 3. The summed E-state index contributed by atoms with van der Waals surface area (Å²) >= 11 is 0. The van der Waals surface area contributed by atoms with Gasteiger partial charge in [-0.1, -0.05) is 37.6 Å². The van der Waals surface area contributed by atoms with Gasteiger partial charge in [-0.25, -0.2) is 0 Å². The summed E-state index contributed by atoms with van der Waals surface area (Å²) in [7, 11) is 0. The summed E-state index contributed by atoms with van der Waals surface area (Å²) in [6.45, 7) is 4.36. The summed E-state index contributed by atoms with van der Waals surface area (Å²) in [5.41, 5.74) is 8.02. The lowest BCUT2D eigenvalue weighted by Crippen LogP contribution is -2.31. The van der Waals surface area contributed by atoms with Crippen molar-refractivity contribution in [2.45, 2.75) is 38.8 Å². The standard InChI is InChI=1S/C21H25N5/c1-3-5-14(4-2)21(15-6-8-19-16(10-15)12-22-25-19)24-18-7-9-20-17(11-18)13-23-26-20/h4,6-13,16,19,21,24-25H,3,5H2,1-2H3,(H,23,26)/b14-4+. The van der Waals surface area contributed by atoms with Gasteiger partial charge in [-0.3, -0.25) is 5.10 Å². The number of aromatic nitrogens is 2. The third kappa shape index (κ3) is 3.17. The van der Waals surface area contributed by atoms with Crippen LogP contribution < -0.4 is 10.7 Å². The highest BCUT2D eigenvalue weighted by atomic mass is 15.3. The Balaban J connectivity index is 1.66. The van der Waals surface area contributed by atoms with Crippen molar-refractivity contribution in [1.82, 2.24) is 15.6 Å². The molecule has 0 fully saturated rings.